The normalized spacial score (nSPS) is 13.2. The van der Waals surface area contributed by atoms with Gasteiger partial charge in [-0.25, -0.2) is 10.2 Å². The van der Waals surface area contributed by atoms with Crippen molar-refractivity contribution in [2.45, 2.75) is 26.2 Å². The van der Waals surface area contributed by atoms with Crippen LogP contribution in [-0.2, 0) is 0 Å². The summed E-state index contributed by atoms with van der Waals surface area (Å²) < 4.78 is 12.2. The van der Waals surface area contributed by atoms with E-state index in [0.717, 1.165) is 40.8 Å². The molecular formula is C30H30IN7O3. The SMILES string of the molecule is CCOc1cc(/C=N\Nc2nc(Nc3ccccc3)nc(N3CCCCC3)n2)ccc1OC(=O)c1ccccc1I. The van der Waals surface area contributed by atoms with Crippen molar-refractivity contribution < 1.29 is 14.3 Å². The minimum atomic E-state index is -0.446. The highest BCUT2D eigenvalue weighted by atomic mass is 127. The highest BCUT2D eigenvalue weighted by molar-refractivity contribution is 14.1. The second-order valence-corrected chi connectivity index (χ2v) is 10.4. The third-order valence-corrected chi connectivity index (χ3v) is 7.18. The zero-order chi connectivity index (χ0) is 28.4. The van der Waals surface area contributed by atoms with E-state index in [9.17, 15) is 4.79 Å². The number of nitrogens with zero attached hydrogens (tertiary/aromatic N) is 5. The molecule has 1 aromatic heterocycles. The maximum atomic E-state index is 12.7. The van der Waals surface area contributed by atoms with Gasteiger partial charge in [-0.3, -0.25) is 0 Å². The van der Waals surface area contributed by atoms with Gasteiger partial charge in [-0.2, -0.15) is 20.1 Å². The van der Waals surface area contributed by atoms with Gasteiger partial charge in [-0.15, -0.1) is 0 Å². The van der Waals surface area contributed by atoms with Crippen molar-refractivity contribution >= 4 is 58.3 Å². The molecule has 0 amide bonds. The summed E-state index contributed by atoms with van der Waals surface area (Å²) >= 11 is 2.11. The molecule has 0 saturated carbocycles. The Morgan fingerprint density at radius 2 is 1.71 bits per heavy atom. The van der Waals surface area contributed by atoms with Crippen LogP contribution in [0.1, 0.15) is 42.1 Å². The van der Waals surface area contributed by atoms with Gasteiger partial charge in [0.1, 0.15) is 0 Å². The molecule has 0 atom stereocenters. The monoisotopic (exact) mass is 663 g/mol. The summed E-state index contributed by atoms with van der Waals surface area (Å²) in [4.78, 5) is 28.7. The van der Waals surface area contributed by atoms with Crippen LogP contribution in [0.15, 0.2) is 77.9 Å². The van der Waals surface area contributed by atoms with E-state index in [-0.39, 0.29) is 0 Å². The van der Waals surface area contributed by atoms with Crippen LogP contribution in [0.2, 0.25) is 0 Å². The Hall–Kier alpha value is -4.26. The topological polar surface area (TPSA) is 114 Å². The van der Waals surface area contributed by atoms with Gasteiger partial charge in [-0.1, -0.05) is 30.3 Å². The Morgan fingerprint density at radius 1 is 0.951 bits per heavy atom. The summed E-state index contributed by atoms with van der Waals surface area (Å²) in [7, 11) is 0. The first-order chi connectivity index (χ1) is 20.1. The fraction of sp³-hybridized carbons (Fsp3) is 0.233. The van der Waals surface area contributed by atoms with Gasteiger partial charge in [0.25, 0.3) is 0 Å². The molecule has 41 heavy (non-hydrogen) atoms. The third kappa shape index (κ3) is 7.69. The van der Waals surface area contributed by atoms with Gasteiger partial charge in [0.05, 0.1) is 18.4 Å². The highest BCUT2D eigenvalue weighted by Crippen LogP contribution is 2.29. The van der Waals surface area contributed by atoms with Crippen LogP contribution >= 0.6 is 22.6 Å². The summed E-state index contributed by atoms with van der Waals surface area (Å²) in [5.41, 5.74) is 5.05. The van der Waals surface area contributed by atoms with Crippen LogP contribution in [0.25, 0.3) is 0 Å². The highest BCUT2D eigenvalue weighted by Gasteiger charge is 2.17. The first-order valence-electron chi connectivity index (χ1n) is 13.4. The lowest BCUT2D eigenvalue weighted by Gasteiger charge is -2.26. The first-order valence-corrected chi connectivity index (χ1v) is 14.5. The maximum Gasteiger partial charge on any atom is 0.344 e. The van der Waals surface area contributed by atoms with Crippen molar-refractivity contribution in [3.05, 3.63) is 87.5 Å². The largest absolute Gasteiger partial charge is 0.490 e. The Morgan fingerprint density at radius 3 is 2.49 bits per heavy atom. The van der Waals surface area contributed by atoms with E-state index in [1.54, 1.807) is 36.5 Å². The molecule has 1 fully saturated rings. The van der Waals surface area contributed by atoms with E-state index in [1.165, 1.54) is 6.42 Å². The third-order valence-electron chi connectivity index (χ3n) is 6.23. The standard InChI is InChI=1S/C30H30IN7O3/c1-2-40-26-19-21(15-16-25(26)41-27(39)23-13-7-8-14-24(23)31)20-32-37-29-34-28(33-22-11-5-3-6-12-22)35-30(36-29)38-17-9-4-10-18-38/h3,5-8,11-16,19-20H,2,4,9-10,17-18H2,1H3,(H2,33,34,35,36,37)/b32-20-. The number of esters is 1. The number of carbonyl (C=O) groups is 1. The minimum absolute atomic E-state index is 0.323. The number of carbonyl (C=O) groups excluding carboxylic acids is 1. The zero-order valence-corrected chi connectivity index (χ0v) is 24.7. The number of para-hydroxylation sites is 1. The second kappa shape index (κ2) is 13.9. The summed E-state index contributed by atoms with van der Waals surface area (Å²) in [6, 6.07) is 22.3. The zero-order valence-electron chi connectivity index (χ0n) is 22.6. The molecule has 10 nitrogen and oxygen atoms in total. The number of anilines is 4. The lowest BCUT2D eigenvalue weighted by Crippen LogP contribution is -2.31. The first kappa shape index (κ1) is 28.3. The molecular weight excluding hydrogens is 633 g/mol. The van der Waals surface area contributed by atoms with Crippen molar-refractivity contribution in [3.8, 4) is 11.5 Å². The van der Waals surface area contributed by atoms with E-state index in [0.29, 0.717) is 41.5 Å². The summed E-state index contributed by atoms with van der Waals surface area (Å²) in [5.74, 6) is 1.69. The van der Waals surface area contributed by atoms with E-state index in [4.69, 9.17) is 9.47 Å². The molecule has 0 radical (unpaired) electrons. The molecule has 0 bridgehead atoms. The van der Waals surface area contributed by atoms with Crippen LogP contribution in [0.5, 0.6) is 11.5 Å². The van der Waals surface area contributed by atoms with Crippen molar-refractivity contribution in [2.75, 3.05) is 35.3 Å². The number of ether oxygens (including phenoxy) is 2. The lowest BCUT2D eigenvalue weighted by atomic mass is 10.1. The number of nitrogens with one attached hydrogen (secondary N) is 2. The smallest absolute Gasteiger partial charge is 0.344 e. The molecule has 0 unspecified atom stereocenters. The Balaban J connectivity index is 1.33. The summed E-state index contributed by atoms with van der Waals surface area (Å²) in [5, 5.41) is 7.61. The van der Waals surface area contributed by atoms with Crippen LogP contribution in [0.4, 0.5) is 23.5 Å². The molecule has 2 N–H and O–H groups in total. The number of piperidine rings is 1. The average molecular weight is 664 g/mol. The number of halogens is 1. The van der Waals surface area contributed by atoms with Crippen molar-refractivity contribution in [1.82, 2.24) is 15.0 Å². The molecule has 3 aromatic carbocycles. The van der Waals surface area contributed by atoms with Crippen LogP contribution in [0, 0.1) is 3.57 Å². The van der Waals surface area contributed by atoms with E-state index in [1.807, 2.05) is 49.4 Å². The van der Waals surface area contributed by atoms with Gasteiger partial charge in [-0.05, 0) is 96.8 Å². The van der Waals surface area contributed by atoms with Gasteiger partial charge < -0.3 is 19.7 Å². The molecule has 1 saturated heterocycles. The summed E-state index contributed by atoms with van der Waals surface area (Å²) in [6.45, 7) is 4.08. The molecule has 4 aromatic rings. The van der Waals surface area contributed by atoms with E-state index < -0.39 is 5.97 Å². The van der Waals surface area contributed by atoms with Gasteiger partial charge in [0, 0.05) is 22.3 Å². The maximum absolute atomic E-state index is 12.7. The predicted octanol–water partition coefficient (Wildman–Crippen LogP) is 6.27. The number of hydrazone groups is 1. The number of aromatic nitrogens is 3. The Kier molecular flexibility index (Phi) is 9.57. The fourth-order valence-corrected chi connectivity index (χ4v) is 4.87. The molecule has 0 aliphatic carbocycles. The number of hydrogen-bond donors (Lipinski definition) is 2. The molecule has 210 valence electrons. The molecule has 2 heterocycles. The quantitative estimate of drug-likeness (QED) is 0.0666. The number of rotatable bonds is 10. The summed E-state index contributed by atoms with van der Waals surface area (Å²) in [6.07, 6.45) is 5.04. The molecule has 5 rings (SSSR count). The number of hydrogen-bond acceptors (Lipinski definition) is 10. The van der Waals surface area contributed by atoms with Gasteiger partial charge >= 0.3 is 5.97 Å². The predicted molar refractivity (Wildman–Crippen MR) is 169 cm³/mol. The van der Waals surface area contributed by atoms with Crippen LogP contribution in [-0.4, -0.2) is 46.8 Å². The van der Waals surface area contributed by atoms with Crippen LogP contribution in [0.3, 0.4) is 0 Å². The van der Waals surface area contributed by atoms with Crippen LogP contribution < -0.4 is 25.1 Å². The Bertz CT molecular complexity index is 1510. The molecule has 1 aliphatic heterocycles. The van der Waals surface area contributed by atoms with Gasteiger partial charge in [0.2, 0.25) is 17.8 Å². The minimum Gasteiger partial charge on any atom is -0.490 e. The fourth-order valence-electron chi connectivity index (χ4n) is 4.26. The van der Waals surface area contributed by atoms with Crippen molar-refractivity contribution in [3.63, 3.8) is 0 Å². The van der Waals surface area contributed by atoms with E-state index >= 15 is 0 Å². The molecule has 0 spiro atoms. The molecule has 1 aliphatic rings. The average Bonchev–Trinajstić information content (AvgIpc) is 2.99. The van der Waals surface area contributed by atoms with E-state index in [2.05, 4.69) is 58.3 Å². The molecule has 11 heteroatoms. The van der Waals surface area contributed by atoms with Crippen molar-refractivity contribution in [2.24, 2.45) is 5.10 Å². The Labute approximate surface area is 252 Å². The lowest BCUT2D eigenvalue weighted by molar-refractivity contribution is 0.0727. The number of benzene rings is 3. The van der Waals surface area contributed by atoms with Crippen molar-refractivity contribution in [1.29, 1.82) is 0 Å². The second-order valence-electron chi connectivity index (χ2n) is 9.20. The van der Waals surface area contributed by atoms with Gasteiger partial charge in [0.15, 0.2) is 11.5 Å².